The summed E-state index contributed by atoms with van der Waals surface area (Å²) in [6.07, 6.45) is 4.15. The molecule has 0 spiro atoms. The first-order chi connectivity index (χ1) is 10.8. The van der Waals surface area contributed by atoms with Gasteiger partial charge in [0.15, 0.2) is 0 Å². The Labute approximate surface area is 142 Å². The quantitative estimate of drug-likeness (QED) is 0.933. The summed E-state index contributed by atoms with van der Waals surface area (Å²) >= 11 is 1.82. The third-order valence-corrected chi connectivity index (χ3v) is 5.67. The maximum Gasteiger partial charge on any atom is 0.135 e. The van der Waals surface area contributed by atoms with Crippen LogP contribution < -0.4 is 5.32 Å². The molecule has 0 saturated heterocycles. The SMILES string of the molecule is CC(C)c1nnc2n1C[C@H](NCc1cnc(C(C)(C)C)s1)CC2. The largest absolute Gasteiger partial charge is 0.313 e. The van der Waals surface area contributed by atoms with Crippen LogP contribution in [0.2, 0.25) is 0 Å². The molecule has 1 atom stereocenters. The van der Waals surface area contributed by atoms with Crippen molar-refractivity contribution in [2.45, 2.75) is 77.9 Å². The van der Waals surface area contributed by atoms with Gasteiger partial charge in [-0.05, 0) is 6.42 Å². The van der Waals surface area contributed by atoms with E-state index in [0.29, 0.717) is 12.0 Å². The van der Waals surface area contributed by atoms with Gasteiger partial charge in [-0.3, -0.25) is 0 Å². The summed E-state index contributed by atoms with van der Waals surface area (Å²) in [6, 6.07) is 0.483. The van der Waals surface area contributed by atoms with Crippen molar-refractivity contribution in [3.63, 3.8) is 0 Å². The van der Waals surface area contributed by atoms with Gasteiger partial charge in [0.25, 0.3) is 0 Å². The fraction of sp³-hybridized carbons (Fsp3) is 0.706. The van der Waals surface area contributed by atoms with Crippen molar-refractivity contribution in [1.82, 2.24) is 25.1 Å². The first-order valence-corrected chi connectivity index (χ1v) is 9.27. The number of hydrogen-bond donors (Lipinski definition) is 1. The average Bonchev–Trinajstić information content (AvgIpc) is 3.11. The first-order valence-electron chi connectivity index (χ1n) is 8.45. The Morgan fingerprint density at radius 3 is 2.78 bits per heavy atom. The predicted octanol–water partition coefficient (Wildman–Crippen LogP) is 3.26. The molecule has 3 rings (SSSR count). The van der Waals surface area contributed by atoms with Crippen molar-refractivity contribution in [3.8, 4) is 0 Å². The molecule has 0 saturated carbocycles. The van der Waals surface area contributed by atoms with Crippen molar-refractivity contribution in [2.75, 3.05) is 0 Å². The molecular formula is C17H27N5S. The lowest BCUT2D eigenvalue weighted by atomic mass is 9.98. The van der Waals surface area contributed by atoms with Crippen LogP contribution in [0.25, 0.3) is 0 Å². The van der Waals surface area contributed by atoms with E-state index < -0.39 is 0 Å². The number of thiazole rings is 1. The first kappa shape index (κ1) is 16.6. The molecule has 0 amide bonds. The molecule has 0 fully saturated rings. The van der Waals surface area contributed by atoms with Crippen molar-refractivity contribution < 1.29 is 0 Å². The highest BCUT2D eigenvalue weighted by Gasteiger charge is 2.24. The molecule has 0 bridgehead atoms. The molecular weight excluding hydrogens is 306 g/mol. The molecule has 1 aliphatic heterocycles. The summed E-state index contributed by atoms with van der Waals surface area (Å²) in [7, 11) is 0. The van der Waals surface area contributed by atoms with Crippen LogP contribution in [-0.2, 0) is 24.9 Å². The number of hydrogen-bond acceptors (Lipinski definition) is 5. The van der Waals surface area contributed by atoms with Gasteiger partial charge in [-0.2, -0.15) is 0 Å². The molecule has 0 aliphatic carbocycles. The number of nitrogens with zero attached hydrogens (tertiary/aromatic N) is 4. The highest BCUT2D eigenvalue weighted by molar-refractivity contribution is 7.11. The van der Waals surface area contributed by atoms with E-state index in [2.05, 4.69) is 59.7 Å². The summed E-state index contributed by atoms with van der Waals surface area (Å²) in [4.78, 5) is 5.88. The molecule has 6 heteroatoms. The Balaban J connectivity index is 1.62. The minimum Gasteiger partial charge on any atom is -0.313 e. The van der Waals surface area contributed by atoms with E-state index >= 15 is 0 Å². The van der Waals surface area contributed by atoms with Crippen molar-refractivity contribution in [3.05, 3.63) is 27.7 Å². The van der Waals surface area contributed by atoms with Crippen LogP contribution in [0.15, 0.2) is 6.20 Å². The van der Waals surface area contributed by atoms with E-state index in [1.807, 2.05) is 17.5 Å². The maximum atomic E-state index is 4.57. The van der Waals surface area contributed by atoms with Gasteiger partial charge >= 0.3 is 0 Å². The number of rotatable bonds is 4. The molecule has 1 N–H and O–H groups in total. The number of aromatic nitrogens is 4. The summed E-state index contributed by atoms with van der Waals surface area (Å²) in [6.45, 7) is 12.9. The second-order valence-electron chi connectivity index (χ2n) is 7.74. The molecule has 126 valence electrons. The maximum absolute atomic E-state index is 4.57. The Hall–Kier alpha value is -1.27. The fourth-order valence-electron chi connectivity index (χ4n) is 2.92. The summed E-state index contributed by atoms with van der Waals surface area (Å²) < 4.78 is 2.30. The normalized spacial score (nSPS) is 18.4. The van der Waals surface area contributed by atoms with Crippen molar-refractivity contribution in [2.24, 2.45) is 0 Å². The van der Waals surface area contributed by atoms with Crippen LogP contribution in [0, 0.1) is 0 Å². The van der Waals surface area contributed by atoms with Gasteiger partial charge < -0.3 is 9.88 Å². The van der Waals surface area contributed by atoms with E-state index in [1.165, 1.54) is 9.88 Å². The second-order valence-corrected chi connectivity index (χ2v) is 8.85. The van der Waals surface area contributed by atoms with Crippen LogP contribution in [0.4, 0.5) is 0 Å². The molecule has 2 aromatic heterocycles. The zero-order chi connectivity index (χ0) is 16.6. The minimum absolute atomic E-state index is 0.136. The summed E-state index contributed by atoms with van der Waals surface area (Å²) in [5.41, 5.74) is 0.136. The van der Waals surface area contributed by atoms with Gasteiger partial charge in [0.2, 0.25) is 0 Å². The monoisotopic (exact) mass is 333 g/mol. The highest BCUT2D eigenvalue weighted by atomic mass is 32.1. The van der Waals surface area contributed by atoms with Crippen LogP contribution in [0.1, 0.15) is 68.5 Å². The van der Waals surface area contributed by atoms with Gasteiger partial charge in [-0.25, -0.2) is 4.98 Å². The van der Waals surface area contributed by atoms with E-state index in [4.69, 9.17) is 0 Å². The van der Waals surface area contributed by atoms with E-state index in [-0.39, 0.29) is 5.41 Å². The fourth-order valence-corrected chi connectivity index (χ4v) is 3.84. The molecule has 0 radical (unpaired) electrons. The Kier molecular flexibility index (Phi) is 4.56. The Morgan fingerprint density at radius 2 is 2.13 bits per heavy atom. The molecule has 0 aromatic carbocycles. The lowest BCUT2D eigenvalue weighted by Crippen LogP contribution is -2.37. The van der Waals surface area contributed by atoms with Crippen LogP contribution in [-0.4, -0.2) is 25.8 Å². The second kappa shape index (κ2) is 6.32. The van der Waals surface area contributed by atoms with Crippen LogP contribution in [0.5, 0.6) is 0 Å². The third-order valence-electron chi connectivity index (χ3n) is 4.25. The molecule has 1 aliphatic rings. The highest BCUT2D eigenvalue weighted by Crippen LogP contribution is 2.27. The zero-order valence-corrected chi connectivity index (χ0v) is 15.6. The van der Waals surface area contributed by atoms with Crippen molar-refractivity contribution in [1.29, 1.82) is 0 Å². The van der Waals surface area contributed by atoms with Crippen LogP contribution in [0.3, 0.4) is 0 Å². The minimum atomic E-state index is 0.136. The lowest BCUT2D eigenvalue weighted by molar-refractivity contribution is 0.371. The van der Waals surface area contributed by atoms with Gasteiger partial charge in [0, 0.05) is 48.0 Å². The number of nitrogens with one attached hydrogen (secondary N) is 1. The summed E-state index contributed by atoms with van der Waals surface area (Å²) in [5.74, 6) is 2.67. The zero-order valence-electron chi connectivity index (χ0n) is 14.8. The lowest BCUT2D eigenvalue weighted by Gasteiger charge is -2.25. The van der Waals surface area contributed by atoms with Gasteiger partial charge in [-0.1, -0.05) is 34.6 Å². The van der Waals surface area contributed by atoms with Crippen molar-refractivity contribution >= 4 is 11.3 Å². The Morgan fingerprint density at radius 1 is 1.35 bits per heavy atom. The van der Waals surface area contributed by atoms with E-state index in [9.17, 15) is 0 Å². The van der Waals surface area contributed by atoms with Crippen LogP contribution >= 0.6 is 11.3 Å². The van der Waals surface area contributed by atoms with Gasteiger partial charge in [0.05, 0.1) is 5.01 Å². The molecule has 23 heavy (non-hydrogen) atoms. The van der Waals surface area contributed by atoms with E-state index in [1.54, 1.807) is 0 Å². The third kappa shape index (κ3) is 3.63. The molecule has 5 nitrogen and oxygen atoms in total. The number of aryl methyl sites for hydroxylation is 1. The smallest absolute Gasteiger partial charge is 0.135 e. The van der Waals surface area contributed by atoms with E-state index in [0.717, 1.165) is 37.6 Å². The van der Waals surface area contributed by atoms with Gasteiger partial charge in [-0.15, -0.1) is 21.5 Å². The molecule has 2 aromatic rings. The molecule has 3 heterocycles. The number of fused-ring (bicyclic) bond motifs is 1. The summed E-state index contributed by atoms with van der Waals surface area (Å²) in [5, 5.41) is 13.6. The molecule has 0 unspecified atom stereocenters. The predicted molar refractivity (Wildman–Crippen MR) is 93.9 cm³/mol. The Bertz CT molecular complexity index is 665. The standard InChI is InChI=1S/C17H27N5S/c1-11(2)15-21-20-14-7-6-12(10-22(14)15)18-8-13-9-19-16(23-13)17(3,4)5/h9,11-12,18H,6-8,10H2,1-5H3/t12-/m1/s1. The van der Waals surface area contributed by atoms with Gasteiger partial charge in [0.1, 0.15) is 11.6 Å². The topological polar surface area (TPSA) is 55.6 Å². The average molecular weight is 334 g/mol.